The highest BCUT2D eigenvalue weighted by Crippen LogP contribution is 2.29. The summed E-state index contributed by atoms with van der Waals surface area (Å²) in [7, 11) is 1.41. The van der Waals surface area contributed by atoms with Gasteiger partial charge in [-0.2, -0.15) is 8.78 Å². The van der Waals surface area contributed by atoms with Crippen LogP contribution in [0.25, 0.3) is 0 Å². The summed E-state index contributed by atoms with van der Waals surface area (Å²) in [5.74, 6) is 0.971. The van der Waals surface area contributed by atoms with Crippen LogP contribution in [0.15, 0.2) is 47.6 Å². The van der Waals surface area contributed by atoms with Crippen LogP contribution in [0, 0.1) is 0 Å². The monoisotopic (exact) mass is 378 g/mol. The number of rotatable bonds is 9. The van der Waals surface area contributed by atoms with Gasteiger partial charge in [-0.15, -0.1) is 0 Å². The third kappa shape index (κ3) is 7.08. The molecule has 0 amide bonds. The van der Waals surface area contributed by atoms with Crippen LogP contribution in [0.5, 0.6) is 11.5 Å². The van der Waals surface area contributed by atoms with Crippen molar-refractivity contribution >= 4 is 5.96 Å². The number of guanidine groups is 1. The van der Waals surface area contributed by atoms with E-state index in [1.807, 2.05) is 31.2 Å². The summed E-state index contributed by atoms with van der Waals surface area (Å²) in [5, 5.41) is 6.38. The Morgan fingerprint density at radius 3 is 2.70 bits per heavy atom. The SMILES string of the molecule is CCNC(=NCc1ccccn1)NCCc1ccc(OC)c(OC(F)F)c1. The minimum Gasteiger partial charge on any atom is -0.493 e. The maximum atomic E-state index is 12.5. The topological polar surface area (TPSA) is 67.8 Å². The van der Waals surface area contributed by atoms with Gasteiger partial charge in [0.15, 0.2) is 17.5 Å². The molecule has 0 aliphatic rings. The zero-order valence-corrected chi connectivity index (χ0v) is 15.4. The molecule has 0 fully saturated rings. The van der Waals surface area contributed by atoms with Crippen LogP contribution in [0.3, 0.4) is 0 Å². The maximum absolute atomic E-state index is 12.5. The number of halogens is 2. The van der Waals surface area contributed by atoms with Crippen LogP contribution in [-0.4, -0.2) is 37.8 Å². The highest BCUT2D eigenvalue weighted by Gasteiger charge is 2.11. The van der Waals surface area contributed by atoms with E-state index in [0.717, 1.165) is 17.8 Å². The van der Waals surface area contributed by atoms with E-state index in [0.29, 0.717) is 25.5 Å². The van der Waals surface area contributed by atoms with Gasteiger partial charge in [0.05, 0.1) is 19.3 Å². The zero-order chi connectivity index (χ0) is 19.5. The highest BCUT2D eigenvalue weighted by molar-refractivity contribution is 5.79. The van der Waals surface area contributed by atoms with E-state index in [9.17, 15) is 8.78 Å². The van der Waals surface area contributed by atoms with E-state index < -0.39 is 6.61 Å². The summed E-state index contributed by atoms with van der Waals surface area (Å²) in [5.41, 5.74) is 1.72. The van der Waals surface area contributed by atoms with Crippen molar-refractivity contribution in [3.8, 4) is 11.5 Å². The lowest BCUT2D eigenvalue weighted by molar-refractivity contribution is -0.0512. The number of nitrogens with zero attached hydrogens (tertiary/aromatic N) is 2. The molecule has 2 rings (SSSR count). The molecule has 0 atom stereocenters. The van der Waals surface area contributed by atoms with Gasteiger partial charge < -0.3 is 20.1 Å². The first-order valence-corrected chi connectivity index (χ1v) is 8.66. The predicted octanol–water partition coefficient (Wildman–Crippen LogP) is 2.99. The fourth-order valence-corrected chi connectivity index (χ4v) is 2.38. The number of aromatic nitrogens is 1. The van der Waals surface area contributed by atoms with E-state index in [4.69, 9.17) is 4.74 Å². The minimum absolute atomic E-state index is 0.0284. The Balaban J connectivity index is 1.93. The third-order valence-electron chi connectivity index (χ3n) is 3.62. The summed E-state index contributed by atoms with van der Waals surface area (Å²) >= 11 is 0. The molecule has 2 N–H and O–H groups in total. The predicted molar refractivity (Wildman–Crippen MR) is 100 cm³/mol. The first-order valence-electron chi connectivity index (χ1n) is 8.66. The van der Waals surface area contributed by atoms with Gasteiger partial charge in [0.25, 0.3) is 0 Å². The first-order chi connectivity index (χ1) is 13.1. The Kier molecular flexibility index (Phi) is 8.28. The number of pyridine rings is 1. The fraction of sp³-hybridized carbons (Fsp3) is 0.368. The molecular formula is C19H24F2N4O2. The number of hydrogen-bond donors (Lipinski definition) is 2. The molecule has 0 saturated carbocycles. The van der Waals surface area contributed by atoms with Crippen LogP contribution >= 0.6 is 0 Å². The Hall–Kier alpha value is -2.90. The van der Waals surface area contributed by atoms with Crippen LogP contribution < -0.4 is 20.1 Å². The van der Waals surface area contributed by atoms with Crippen molar-refractivity contribution in [1.82, 2.24) is 15.6 Å². The summed E-state index contributed by atoms with van der Waals surface area (Å²) in [6.45, 7) is 0.851. The second-order valence-electron chi connectivity index (χ2n) is 5.56. The van der Waals surface area contributed by atoms with Crippen molar-refractivity contribution in [1.29, 1.82) is 0 Å². The lowest BCUT2D eigenvalue weighted by Crippen LogP contribution is -2.38. The molecule has 0 unspecified atom stereocenters. The van der Waals surface area contributed by atoms with Crippen LogP contribution in [-0.2, 0) is 13.0 Å². The van der Waals surface area contributed by atoms with Crippen LogP contribution in [0.1, 0.15) is 18.2 Å². The van der Waals surface area contributed by atoms with Crippen molar-refractivity contribution in [3.05, 3.63) is 53.9 Å². The second-order valence-corrected chi connectivity index (χ2v) is 5.56. The molecule has 146 valence electrons. The number of hydrogen-bond acceptors (Lipinski definition) is 4. The van der Waals surface area contributed by atoms with E-state index >= 15 is 0 Å². The largest absolute Gasteiger partial charge is 0.493 e. The molecule has 0 spiro atoms. The summed E-state index contributed by atoms with van der Waals surface area (Å²) in [6.07, 6.45) is 2.34. The third-order valence-corrected chi connectivity index (χ3v) is 3.62. The fourth-order valence-electron chi connectivity index (χ4n) is 2.38. The molecule has 8 heteroatoms. The average molecular weight is 378 g/mol. The Morgan fingerprint density at radius 2 is 2.04 bits per heavy atom. The normalized spacial score (nSPS) is 11.4. The molecule has 1 aromatic carbocycles. The van der Waals surface area contributed by atoms with Gasteiger partial charge in [0.1, 0.15) is 0 Å². The van der Waals surface area contributed by atoms with Crippen molar-refractivity contribution in [2.45, 2.75) is 26.5 Å². The average Bonchev–Trinajstić information content (AvgIpc) is 2.66. The van der Waals surface area contributed by atoms with E-state index in [1.165, 1.54) is 7.11 Å². The lowest BCUT2D eigenvalue weighted by Gasteiger charge is -2.13. The van der Waals surface area contributed by atoms with Crippen molar-refractivity contribution < 1.29 is 18.3 Å². The van der Waals surface area contributed by atoms with Gasteiger partial charge in [-0.05, 0) is 43.2 Å². The molecule has 0 bridgehead atoms. The lowest BCUT2D eigenvalue weighted by atomic mass is 10.1. The number of methoxy groups -OCH3 is 1. The number of aliphatic imine (C=N–C) groups is 1. The highest BCUT2D eigenvalue weighted by atomic mass is 19.3. The molecule has 2 aromatic rings. The number of ether oxygens (including phenoxy) is 2. The minimum atomic E-state index is -2.90. The molecule has 0 aliphatic carbocycles. The standard InChI is InChI=1S/C19H24F2N4O2/c1-3-22-19(25-13-15-6-4-5-10-23-15)24-11-9-14-7-8-16(26-2)17(12-14)27-18(20)21/h4-8,10,12,18H,3,9,11,13H2,1-2H3,(H2,22,24,25). The van der Waals surface area contributed by atoms with E-state index in [2.05, 4.69) is 25.3 Å². The van der Waals surface area contributed by atoms with E-state index in [1.54, 1.807) is 18.3 Å². The Bertz CT molecular complexity index is 727. The molecule has 0 radical (unpaired) electrons. The maximum Gasteiger partial charge on any atom is 0.387 e. The molecule has 0 saturated heterocycles. The molecular weight excluding hydrogens is 354 g/mol. The number of alkyl halides is 2. The smallest absolute Gasteiger partial charge is 0.387 e. The zero-order valence-electron chi connectivity index (χ0n) is 15.4. The van der Waals surface area contributed by atoms with Gasteiger partial charge in [0, 0.05) is 19.3 Å². The molecule has 6 nitrogen and oxygen atoms in total. The van der Waals surface area contributed by atoms with Crippen molar-refractivity contribution in [2.24, 2.45) is 4.99 Å². The summed E-state index contributed by atoms with van der Waals surface area (Å²) in [4.78, 5) is 8.73. The summed E-state index contributed by atoms with van der Waals surface area (Å²) < 4.78 is 34.6. The first kappa shape index (κ1) is 20.4. The van der Waals surface area contributed by atoms with Gasteiger partial charge in [-0.25, -0.2) is 4.99 Å². The van der Waals surface area contributed by atoms with Crippen molar-refractivity contribution in [2.75, 3.05) is 20.2 Å². The number of benzene rings is 1. The Labute approximate surface area is 157 Å². The van der Waals surface area contributed by atoms with Gasteiger partial charge in [-0.1, -0.05) is 12.1 Å². The molecule has 1 heterocycles. The van der Waals surface area contributed by atoms with Gasteiger partial charge in [0.2, 0.25) is 0 Å². The Morgan fingerprint density at radius 1 is 1.19 bits per heavy atom. The van der Waals surface area contributed by atoms with Crippen molar-refractivity contribution in [3.63, 3.8) is 0 Å². The quantitative estimate of drug-likeness (QED) is 0.519. The molecule has 0 aliphatic heterocycles. The molecule has 1 aromatic heterocycles. The van der Waals surface area contributed by atoms with Gasteiger partial charge in [-0.3, -0.25) is 4.98 Å². The van der Waals surface area contributed by atoms with Crippen LogP contribution in [0.4, 0.5) is 8.78 Å². The van der Waals surface area contributed by atoms with E-state index in [-0.39, 0.29) is 11.5 Å². The number of nitrogens with one attached hydrogen (secondary N) is 2. The van der Waals surface area contributed by atoms with Gasteiger partial charge >= 0.3 is 6.61 Å². The summed E-state index contributed by atoms with van der Waals surface area (Å²) in [6, 6.07) is 10.7. The second kappa shape index (κ2) is 10.9. The van der Waals surface area contributed by atoms with Crippen LogP contribution in [0.2, 0.25) is 0 Å². The molecule has 27 heavy (non-hydrogen) atoms.